The van der Waals surface area contributed by atoms with Crippen LogP contribution >= 0.6 is 12.4 Å². The number of benzene rings is 1. The van der Waals surface area contributed by atoms with Crippen LogP contribution in [0.2, 0.25) is 0 Å². The van der Waals surface area contributed by atoms with E-state index in [9.17, 15) is 4.79 Å². The predicted octanol–water partition coefficient (Wildman–Crippen LogP) is 1.94. The molecule has 0 atom stereocenters. The van der Waals surface area contributed by atoms with Crippen molar-refractivity contribution < 1.29 is 9.53 Å². The molecule has 0 saturated heterocycles. The number of methoxy groups -OCH3 is 1. The van der Waals surface area contributed by atoms with E-state index < -0.39 is 0 Å². The van der Waals surface area contributed by atoms with E-state index in [1.165, 1.54) is 0 Å². The summed E-state index contributed by atoms with van der Waals surface area (Å²) in [6.45, 7) is 0.774. The van der Waals surface area contributed by atoms with Gasteiger partial charge in [0.15, 0.2) is 0 Å². The average molecular weight is 242 g/mol. The van der Waals surface area contributed by atoms with E-state index in [1.807, 2.05) is 37.3 Å². The van der Waals surface area contributed by atoms with Crippen LogP contribution in [-0.2, 0) is 4.79 Å². The number of hydrogen-bond acceptors (Lipinski definition) is 3. The first-order chi connectivity index (χ1) is 7.31. The lowest BCUT2D eigenvalue weighted by Crippen LogP contribution is -2.08. The van der Waals surface area contributed by atoms with Crippen LogP contribution in [0, 0.1) is 0 Å². The molecule has 0 radical (unpaired) electrons. The zero-order valence-corrected chi connectivity index (χ0v) is 10.3. The van der Waals surface area contributed by atoms with Crippen molar-refractivity contribution in [2.45, 2.75) is 6.42 Å². The monoisotopic (exact) mass is 241 g/mol. The predicted molar refractivity (Wildman–Crippen MR) is 67.9 cm³/mol. The van der Waals surface area contributed by atoms with Crippen LogP contribution in [0.1, 0.15) is 12.0 Å². The van der Waals surface area contributed by atoms with Crippen molar-refractivity contribution in [3.05, 3.63) is 29.8 Å². The zero-order valence-electron chi connectivity index (χ0n) is 9.45. The summed E-state index contributed by atoms with van der Waals surface area (Å²) in [4.78, 5) is 10.7. The molecule has 0 aliphatic carbocycles. The van der Waals surface area contributed by atoms with E-state index in [2.05, 4.69) is 5.32 Å². The topological polar surface area (TPSA) is 38.3 Å². The van der Waals surface area contributed by atoms with Gasteiger partial charge in [0, 0.05) is 5.57 Å². The Hall–Kier alpha value is -1.28. The molecule has 16 heavy (non-hydrogen) atoms. The molecule has 0 aliphatic heterocycles. The van der Waals surface area contributed by atoms with E-state index in [4.69, 9.17) is 4.74 Å². The van der Waals surface area contributed by atoms with Gasteiger partial charge >= 0.3 is 0 Å². The zero-order chi connectivity index (χ0) is 11.1. The van der Waals surface area contributed by atoms with Gasteiger partial charge in [0.05, 0.1) is 7.11 Å². The number of carbonyl (C=O) groups excluding carboxylic acids is 1. The third kappa shape index (κ3) is 4.07. The van der Waals surface area contributed by atoms with Gasteiger partial charge in [-0.15, -0.1) is 12.4 Å². The third-order valence-electron chi connectivity index (χ3n) is 2.19. The Bertz CT molecular complexity index is 356. The fraction of sp³-hybridized carbons (Fsp3) is 0.333. The Morgan fingerprint density at radius 3 is 2.44 bits per heavy atom. The minimum atomic E-state index is 0. The summed E-state index contributed by atoms with van der Waals surface area (Å²) in [7, 11) is 3.48. The van der Waals surface area contributed by atoms with E-state index in [0.717, 1.165) is 17.9 Å². The summed E-state index contributed by atoms with van der Waals surface area (Å²) in [5.41, 5.74) is 1.59. The molecule has 0 fully saturated rings. The molecule has 0 heterocycles. The largest absolute Gasteiger partial charge is 0.497 e. The first kappa shape index (κ1) is 14.7. The highest BCUT2D eigenvalue weighted by Gasteiger charge is 2.02. The van der Waals surface area contributed by atoms with E-state index in [-0.39, 0.29) is 12.4 Å². The maximum Gasteiger partial charge on any atom is 0.128 e. The molecule has 0 aromatic heterocycles. The summed E-state index contributed by atoms with van der Waals surface area (Å²) < 4.78 is 5.04. The minimum absolute atomic E-state index is 0. The van der Waals surface area contributed by atoms with Crippen molar-refractivity contribution >= 4 is 23.9 Å². The van der Waals surface area contributed by atoms with Crippen LogP contribution in [0.5, 0.6) is 5.75 Å². The highest BCUT2D eigenvalue weighted by molar-refractivity contribution is 5.87. The van der Waals surface area contributed by atoms with Gasteiger partial charge in [-0.1, -0.05) is 12.1 Å². The summed E-state index contributed by atoms with van der Waals surface area (Å²) in [6, 6.07) is 7.42. The molecule has 1 aromatic carbocycles. The number of halogens is 1. The standard InChI is InChI=1S/C12H15NO2.ClH/c1-13-8-7-11(9-14)10-3-5-12(15-2)6-4-10;/h3-6,13H,7-8H2,1-2H3;1H. The second-order valence-electron chi connectivity index (χ2n) is 3.16. The first-order valence-electron chi connectivity index (χ1n) is 4.84. The number of hydrogen-bond donors (Lipinski definition) is 1. The molecule has 0 amide bonds. The maximum absolute atomic E-state index is 10.7. The normalized spacial score (nSPS) is 8.88. The highest BCUT2D eigenvalue weighted by Crippen LogP contribution is 2.18. The van der Waals surface area contributed by atoms with Gasteiger partial charge in [0.2, 0.25) is 0 Å². The first-order valence-corrected chi connectivity index (χ1v) is 4.84. The van der Waals surface area contributed by atoms with Crippen molar-refractivity contribution in [1.29, 1.82) is 0 Å². The number of nitrogens with one attached hydrogen (secondary N) is 1. The van der Waals surface area contributed by atoms with Gasteiger partial charge in [-0.25, -0.2) is 4.79 Å². The molecule has 0 saturated carbocycles. The quantitative estimate of drug-likeness (QED) is 0.801. The molecule has 0 bridgehead atoms. The number of rotatable bonds is 5. The second kappa shape index (κ2) is 7.94. The van der Waals surface area contributed by atoms with Crippen LogP contribution in [0.15, 0.2) is 24.3 Å². The molecule has 4 heteroatoms. The Kier molecular flexibility index (Phi) is 7.31. The van der Waals surface area contributed by atoms with Crippen LogP contribution in [0.3, 0.4) is 0 Å². The molecular weight excluding hydrogens is 226 g/mol. The van der Waals surface area contributed by atoms with Crippen LogP contribution in [0.25, 0.3) is 5.57 Å². The van der Waals surface area contributed by atoms with Gasteiger partial charge in [0.25, 0.3) is 0 Å². The van der Waals surface area contributed by atoms with Gasteiger partial charge in [-0.3, -0.25) is 0 Å². The van der Waals surface area contributed by atoms with Gasteiger partial charge in [0.1, 0.15) is 11.7 Å². The van der Waals surface area contributed by atoms with E-state index in [1.54, 1.807) is 7.11 Å². The van der Waals surface area contributed by atoms with Crippen molar-refractivity contribution in [3.8, 4) is 5.75 Å². The molecule has 1 aromatic rings. The van der Waals surface area contributed by atoms with Crippen molar-refractivity contribution in [2.24, 2.45) is 0 Å². The SMILES string of the molecule is CNCCC(=C=O)c1ccc(OC)cc1.Cl. The van der Waals surface area contributed by atoms with Crippen molar-refractivity contribution in [2.75, 3.05) is 20.7 Å². The minimum Gasteiger partial charge on any atom is -0.497 e. The van der Waals surface area contributed by atoms with E-state index in [0.29, 0.717) is 12.0 Å². The number of ether oxygens (including phenoxy) is 1. The third-order valence-corrected chi connectivity index (χ3v) is 2.19. The van der Waals surface area contributed by atoms with Gasteiger partial charge in [-0.05, 0) is 37.7 Å². The summed E-state index contributed by atoms with van der Waals surface area (Å²) in [5.74, 6) is 2.77. The fourth-order valence-electron chi connectivity index (χ4n) is 1.30. The molecule has 0 unspecified atom stereocenters. The summed E-state index contributed by atoms with van der Waals surface area (Å²) in [6.07, 6.45) is 0.687. The molecule has 88 valence electrons. The second-order valence-corrected chi connectivity index (χ2v) is 3.16. The molecule has 1 N–H and O–H groups in total. The van der Waals surface area contributed by atoms with Gasteiger partial charge < -0.3 is 10.1 Å². The van der Waals surface area contributed by atoms with Crippen molar-refractivity contribution in [1.82, 2.24) is 5.32 Å². The van der Waals surface area contributed by atoms with Crippen molar-refractivity contribution in [3.63, 3.8) is 0 Å². The molecule has 1 rings (SSSR count). The lowest BCUT2D eigenvalue weighted by atomic mass is 10.0. The molecule has 3 nitrogen and oxygen atoms in total. The van der Waals surface area contributed by atoms with Crippen LogP contribution in [-0.4, -0.2) is 26.6 Å². The smallest absolute Gasteiger partial charge is 0.128 e. The fourth-order valence-corrected chi connectivity index (χ4v) is 1.30. The average Bonchev–Trinajstić information content (AvgIpc) is 2.31. The Balaban J connectivity index is 0.00000225. The lowest BCUT2D eigenvalue weighted by Gasteiger charge is -2.04. The Labute approximate surface area is 102 Å². The lowest BCUT2D eigenvalue weighted by molar-refractivity contribution is 0.415. The molecule has 0 aliphatic rings. The molecule has 0 spiro atoms. The summed E-state index contributed by atoms with van der Waals surface area (Å²) >= 11 is 0. The van der Waals surface area contributed by atoms with Crippen LogP contribution < -0.4 is 10.1 Å². The van der Waals surface area contributed by atoms with Gasteiger partial charge in [-0.2, -0.15) is 0 Å². The Morgan fingerprint density at radius 1 is 1.38 bits per heavy atom. The highest BCUT2D eigenvalue weighted by atomic mass is 35.5. The maximum atomic E-state index is 10.7. The molecular formula is C12H16ClNO2. The van der Waals surface area contributed by atoms with Crippen LogP contribution in [0.4, 0.5) is 0 Å². The van der Waals surface area contributed by atoms with E-state index >= 15 is 0 Å². The summed E-state index contributed by atoms with van der Waals surface area (Å²) in [5, 5.41) is 3.00. The Morgan fingerprint density at radius 2 is 2.00 bits per heavy atom.